The van der Waals surface area contributed by atoms with Gasteiger partial charge in [-0.15, -0.1) is 0 Å². The van der Waals surface area contributed by atoms with Crippen LogP contribution in [-0.2, 0) is 0 Å². The molecule has 106 valence electrons. The molecule has 1 aromatic carbocycles. The Morgan fingerprint density at radius 1 is 1.16 bits per heavy atom. The monoisotopic (exact) mass is 299 g/mol. The molecule has 0 amide bonds. The van der Waals surface area contributed by atoms with Gasteiger partial charge in [-0.2, -0.15) is 0 Å². The fraction of sp³-hybridized carbons (Fsp3) is 0.625. The predicted octanol–water partition coefficient (Wildman–Crippen LogP) is 5.47. The van der Waals surface area contributed by atoms with E-state index in [9.17, 15) is 0 Å². The Bertz CT molecular complexity index is 432. The summed E-state index contributed by atoms with van der Waals surface area (Å²) in [5.41, 5.74) is 1.76. The van der Waals surface area contributed by atoms with Gasteiger partial charge in [0.1, 0.15) is 0 Å². The second-order valence-electron chi connectivity index (χ2n) is 6.44. The molecule has 1 N–H and O–H groups in total. The first-order chi connectivity index (χ1) is 8.93. The van der Waals surface area contributed by atoms with Crippen LogP contribution in [0, 0.1) is 11.3 Å². The average molecular weight is 300 g/mol. The van der Waals surface area contributed by atoms with Crippen LogP contribution in [0.4, 0.5) is 0 Å². The zero-order valence-corrected chi connectivity index (χ0v) is 13.5. The van der Waals surface area contributed by atoms with Crippen LogP contribution < -0.4 is 5.32 Å². The minimum atomic E-state index is 0.380. The van der Waals surface area contributed by atoms with Crippen LogP contribution in [0.2, 0.25) is 10.0 Å². The van der Waals surface area contributed by atoms with Gasteiger partial charge in [-0.3, -0.25) is 0 Å². The molecule has 0 spiro atoms. The zero-order chi connectivity index (χ0) is 14.0. The first-order valence-electron chi connectivity index (χ1n) is 7.05. The quantitative estimate of drug-likeness (QED) is 0.780. The van der Waals surface area contributed by atoms with Gasteiger partial charge in [0.15, 0.2) is 0 Å². The molecule has 0 aromatic heterocycles. The van der Waals surface area contributed by atoms with Crippen molar-refractivity contribution < 1.29 is 0 Å². The van der Waals surface area contributed by atoms with E-state index in [-0.39, 0.29) is 0 Å². The normalized spacial score (nSPS) is 21.3. The van der Waals surface area contributed by atoms with Crippen molar-refractivity contribution in [1.82, 2.24) is 5.32 Å². The Hall–Kier alpha value is -0.240. The summed E-state index contributed by atoms with van der Waals surface area (Å²) in [7, 11) is 2.03. The van der Waals surface area contributed by atoms with Gasteiger partial charge in [-0.05, 0) is 61.8 Å². The average Bonchev–Trinajstić information content (AvgIpc) is 2.36. The molecular formula is C16H23Cl2N. The van der Waals surface area contributed by atoms with Gasteiger partial charge < -0.3 is 5.32 Å². The van der Waals surface area contributed by atoms with Crippen LogP contribution >= 0.6 is 23.2 Å². The van der Waals surface area contributed by atoms with Gasteiger partial charge in [-0.1, -0.05) is 43.1 Å². The molecule has 1 saturated carbocycles. The minimum absolute atomic E-state index is 0.380. The van der Waals surface area contributed by atoms with E-state index in [0.717, 1.165) is 0 Å². The van der Waals surface area contributed by atoms with Crippen molar-refractivity contribution in [2.75, 3.05) is 7.05 Å². The largest absolute Gasteiger partial charge is 0.313 e. The summed E-state index contributed by atoms with van der Waals surface area (Å²) in [5.74, 6) is 0.690. The summed E-state index contributed by atoms with van der Waals surface area (Å²) in [6.45, 7) is 4.74. The number of halogens is 2. The van der Waals surface area contributed by atoms with E-state index in [0.29, 0.717) is 27.4 Å². The van der Waals surface area contributed by atoms with Crippen LogP contribution in [0.15, 0.2) is 18.2 Å². The lowest BCUT2D eigenvalue weighted by Crippen LogP contribution is -2.31. The molecule has 19 heavy (non-hydrogen) atoms. The number of hydrogen-bond acceptors (Lipinski definition) is 1. The molecule has 1 unspecified atom stereocenters. The van der Waals surface area contributed by atoms with E-state index >= 15 is 0 Å². The summed E-state index contributed by atoms with van der Waals surface area (Å²) in [4.78, 5) is 0. The summed E-state index contributed by atoms with van der Waals surface area (Å²) in [6.07, 6.45) is 5.16. The van der Waals surface area contributed by atoms with E-state index in [1.54, 1.807) is 0 Å². The van der Waals surface area contributed by atoms with Gasteiger partial charge in [0, 0.05) is 6.04 Å². The Morgan fingerprint density at radius 3 is 2.32 bits per heavy atom. The molecule has 0 radical (unpaired) electrons. The predicted molar refractivity (Wildman–Crippen MR) is 84.0 cm³/mol. The van der Waals surface area contributed by atoms with E-state index in [1.807, 2.05) is 19.2 Å². The van der Waals surface area contributed by atoms with Crippen molar-refractivity contribution in [2.45, 2.75) is 45.6 Å². The van der Waals surface area contributed by atoms with Crippen molar-refractivity contribution in [3.8, 4) is 0 Å². The van der Waals surface area contributed by atoms with E-state index in [4.69, 9.17) is 23.2 Å². The molecule has 0 bridgehead atoms. The summed E-state index contributed by atoms with van der Waals surface area (Å²) in [5, 5.41) is 4.74. The molecule has 0 aliphatic heterocycles. The maximum Gasteiger partial charge on any atom is 0.0595 e. The molecule has 1 nitrogen and oxygen atoms in total. The van der Waals surface area contributed by atoms with Gasteiger partial charge in [0.05, 0.1) is 10.0 Å². The standard InChI is InChI=1S/C16H23Cl2N/c1-16(2)8-6-11(7-9-16)15(19-3)12-4-5-13(17)14(18)10-12/h4-5,10-11,15,19H,6-9H2,1-3H3. The van der Waals surface area contributed by atoms with Crippen molar-refractivity contribution in [2.24, 2.45) is 11.3 Å². The van der Waals surface area contributed by atoms with E-state index in [1.165, 1.54) is 31.2 Å². The third-order valence-electron chi connectivity index (χ3n) is 4.47. The molecule has 1 aromatic rings. The van der Waals surface area contributed by atoms with E-state index < -0.39 is 0 Å². The topological polar surface area (TPSA) is 12.0 Å². The third-order valence-corrected chi connectivity index (χ3v) is 5.21. The van der Waals surface area contributed by atoms with Crippen LogP contribution in [0.1, 0.15) is 51.1 Å². The molecule has 1 atom stereocenters. The van der Waals surface area contributed by atoms with Crippen LogP contribution in [0.25, 0.3) is 0 Å². The second kappa shape index (κ2) is 6.03. The lowest BCUT2D eigenvalue weighted by Gasteiger charge is -2.38. The lowest BCUT2D eigenvalue weighted by atomic mass is 9.70. The Morgan fingerprint density at radius 2 is 1.79 bits per heavy atom. The summed E-state index contributed by atoms with van der Waals surface area (Å²) in [6, 6.07) is 6.38. The van der Waals surface area contributed by atoms with E-state index in [2.05, 4.69) is 25.2 Å². The Balaban J connectivity index is 2.14. The highest BCUT2D eigenvalue weighted by Gasteiger charge is 2.31. The maximum absolute atomic E-state index is 6.14. The molecule has 0 heterocycles. The van der Waals surface area contributed by atoms with Crippen molar-refractivity contribution in [1.29, 1.82) is 0 Å². The number of rotatable bonds is 3. The number of nitrogens with one attached hydrogen (secondary N) is 1. The molecule has 0 saturated heterocycles. The van der Waals surface area contributed by atoms with Crippen LogP contribution in [-0.4, -0.2) is 7.05 Å². The van der Waals surface area contributed by atoms with Gasteiger partial charge >= 0.3 is 0 Å². The number of hydrogen-bond donors (Lipinski definition) is 1. The van der Waals surface area contributed by atoms with Gasteiger partial charge in [0.2, 0.25) is 0 Å². The fourth-order valence-corrected chi connectivity index (χ4v) is 3.44. The number of benzene rings is 1. The Labute approximate surface area is 126 Å². The minimum Gasteiger partial charge on any atom is -0.313 e. The van der Waals surface area contributed by atoms with Crippen LogP contribution in [0.5, 0.6) is 0 Å². The van der Waals surface area contributed by atoms with Gasteiger partial charge in [-0.25, -0.2) is 0 Å². The highest BCUT2D eigenvalue weighted by atomic mass is 35.5. The molecule has 1 aliphatic carbocycles. The highest BCUT2D eigenvalue weighted by Crippen LogP contribution is 2.43. The van der Waals surface area contributed by atoms with Crippen molar-refractivity contribution in [3.63, 3.8) is 0 Å². The fourth-order valence-electron chi connectivity index (χ4n) is 3.14. The third kappa shape index (κ3) is 3.65. The SMILES string of the molecule is CNC(c1ccc(Cl)c(Cl)c1)C1CCC(C)(C)CC1. The Kier molecular flexibility index (Phi) is 4.81. The molecule has 1 aliphatic rings. The van der Waals surface area contributed by atoms with Crippen molar-refractivity contribution >= 4 is 23.2 Å². The summed E-state index contributed by atoms with van der Waals surface area (Å²) >= 11 is 12.1. The van der Waals surface area contributed by atoms with Gasteiger partial charge in [0.25, 0.3) is 0 Å². The lowest BCUT2D eigenvalue weighted by molar-refractivity contribution is 0.164. The zero-order valence-electron chi connectivity index (χ0n) is 12.0. The molecule has 1 fully saturated rings. The highest BCUT2D eigenvalue weighted by molar-refractivity contribution is 6.42. The molecule has 3 heteroatoms. The van der Waals surface area contributed by atoms with Crippen LogP contribution in [0.3, 0.4) is 0 Å². The first-order valence-corrected chi connectivity index (χ1v) is 7.81. The summed E-state index contributed by atoms with van der Waals surface area (Å²) < 4.78 is 0. The van der Waals surface area contributed by atoms with Crippen molar-refractivity contribution in [3.05, 3.63) is 33.8 Å². The second-order valence-corrected chi connectivity index (χ2v) is 7.26. The smallest absolute Gasteiger partial charge is 0.0595 e. The molecular weight excluding hydrogens is 277 g/mol. The maximum atomic E-state index is 6.14. The first kappa shape index (κ1) is 15.2. The molecule has 2 rings (SSSR count).